The number of nitro groups is 1. The summed E-state index contributed by atoms with van der Waals surface area (Å²) >= 11 is 0. The predicted octanol–water partition coefficient (Wildman–Crippen LogP) is 2.15. The van der Waals surface area contributed by atoms with Crippen LogP contribution in [0.2, 0.25) is 0 Å². The van der Waals surface area contributed by atoms with Crippen molar-refractivity contribution >= 4 is 18.1 Å². The van der Waals surface area contributed by atoms with Crippen LogP contribution in [-0.4, -0.2) is 11.5 Å². The molecule has 0 unspecified atom stereocenters. The van der Waals surface area contributed by atoms with E-state index in [-0.39, 0.29) is 24.1 Å². The Labute approximate surface area is 107 Å². The number of non-ortho nitro benzene ring substituents is 1. The second-order valence-corrected chi connectivity index (χ2v) is 3.74. The molecule has 0 aliphatic carbocycles. The number of nitrogens with two attached hydrogens (primary N) is 2. The van der Waals surface area contributed by atoms with E-state index in [2.05, 4.69) is 0 Å². The molecule has 5 nitrogen and oxygen atoms in total. The maximum Gasteiger partial charge on any atom is 0.269 e. The first kappa shape index (κ1) is 15.8. The van der Waals surface area contributed by atoms with Crippen LogP contribution in [0.25, 0.3) is 0 Å². The van der Waals surface area contributed by atoms with Gasteiger partial charge in [-0.2, -0.15) is 0 Å². The van der Waals surface area contributed by atoms with Crippen LogP contribution in [0.1, 0.15) is 30.9 Å². The molecule has 0 aromatic heterocycles. The molecule has 1 atom stereocenters. The van der Waals surface area contributed by atoms with E-state index >= 15 is 0 Å². The molecule has 0 aliphatic heterocycles. The minimum atomic E-state index is -0.413. The van der Waals surface area contributed by atoms with Gasteiger partial charge in [0, 0.05) is 18.2 Å². The molecule has 0 saturated heterocycles. The number of rotatable bonds is 6. The highest BCUT2D eigenvalue weighted by atomic mass is 35.5. The first-order valence-electron chi connectivity index (χ1n) is 5.35. The Balaban J connectivity index is 0.00000256. The first-order chi connectivity index (χ1) is 7.65. The average Bonchev–Trinajstić information content (AvgIpc) is 2.29. The van der Waals surface area contributed by atoms with Gasteiger partial charge in [0.1, 0.15) is 0 Å². The van der Waals surface area contributed by atoms with Gasteiger partial charge < -0.3 is 11.5 Å². The maximum atomic E-state index is 10.5. The summed E-state index contributed by atoms with van der Waals surface area (Å²) in [5.74, 6) is 0. The third-order valence-electron chi connectivity index (χ3n) is 2.50. The molecule has 17 heavy (non-hydrogen) atoms. The summed E-state index contributed by atoms with van der Waals surface area (Å²) in [5, 5.41) is 10.5. The quantitative estimate of drug-likeness (QED) is 0.465. The van der Waals surface area contributed by atoms with E-state index in [4.69, 9.17) is 11.5 Å². The van der Waals surface area contributed by atoms with Crippen molar-refractivity contribution in [2.45, 2.75) is 25.3 Å². The monoisotopic (exact) mass is 259 g/mol. The van der Waals surface area contributed by atoms with Crippen LogP contribution in [0.15, 0.2) is 24.3 Å². The number of halogens is 1. The van der Waals surface area contributed by atoms with Crippen LogP contribution in [0.4, 0.5) is 5.69 Å². The molecule has 0 amide bonds. The molecular formula is C11H18ClN3O2. The molecule has 0 heterocycles. The van der Waals surface area contributed by atoms with Crippen LogP contribution >= 0.6 is 12.4 Å². The number of hydrogen-bond acceptors (Lipinski definition) is 4. The molecule has 0 spiro atoms. The van der Waals surface area contributed by atoms with Crippen LogP contribution in [-0.2, 0) is 0 Å². The standard InChI is InChI=1S/C11H17N3O2.ClH/c12-8-2-1-3-11(13)9-4-6-10(7-5-9)14(15)16;/h4-7,11H,1-3,8,12-13H2;1H/t11-;/m1./s1. The highest BCUT2D eigenvalue weighted by molar-refractivity contribution is 5.85. The van der Waals surface area contributed by atoms with Crippen molar-refractivity contribution in [3.63, 3.8) is 0 Å². The van der Waals surface area contributed by atoms with Crippen LogP contribution in [0, 0.1) is 10.1 Å². The number of hydrogen-bond donors (Lipinski definition) is 2. The van der Waals surface area contributed by atoms with Gasteiger partial charge in [-0.05, 0) is 24.9 Å². The Morgan fingerprint density at radius 1 is 1.24 bits per heavy atom. The van der Waals surface area contributed by atoms with Crippen molar-refractivity contribution in [1.29, 1.82) is 0 Å². The van der Waals surface area contributed by atoms with Gasteiger partial charge in [-0.1, -0.05) is 18.6 Å². The van der Waals surface area contributed by atoms with Crippen molar-refractivity contribution < 1.29 is 4.92 Å². The lowest BCUT2D eigenvalue weighted by molar-refractivity contribution is -0.384. The maximum absolute atomic E-state index is 10.5. The van der Waals surface area contributed by atoms with Gasteiger partial charge in [-0.3, -0.25) is 10.1 Å². The van der Waals surface area contributed by atoms with Crippen LogP contribution in [0.3, 0.4) is 0 Å². The number of nitro benzene ring substituents is 1. The largest absolute Gasteiger partial charge is 0.330 e. The second-order valence-electron chi connectivity index (χ2n) is 3.74. The summed E-state index contributed by atoms with van der Waals surface area (Å²) in [7, 11) is 0. The zero-order chi connectivity index (χ0) is 12.0. The zero-order valence-electron chi connectivity index (χ0n) is 9.54. The summed E-state index contributed by atoms with van der Waals surface area (Å²) in [6, 6.07) is 6.33. The Hall–Kier alpha value is -1.17. The third kappa shape index (κ3) is 5.12. The SMILES string of the molecule is Cl.NCCCC[C@@H](N)c1ccc([N+](=O)[O-])cc1. The van der Waals surface area contributed by atoms with Crippen molar-refractivity contribution in [2.75, 3.05) is 6.54 Å². The van der Waals surface area contributed by atoms with E-state index in [1.165, 1.54) is 12.1 Å². The molecule has 0 radical (unpaired) electrons. The normalized spacial score (nSPS) is 11.6. The van der Waals surface area contributed by atoms with E-state index in [0.29, 0.717) is 6.54 Å². The fourth-order valence-corrected chi connectivity index (χ4v) is 1.52. The second kappa shape index (κ2) is 8.00. The molecule has 0 bridgehead atoms. The lowest BCUT2D eigenvalue weighted by Crippen LogP contribution is -2.11. The molecule has 0 aliphatic rings. The van der Waals surface area contributed by atoms with Gasteiger partial charge in [-0.15, -0.1) is 12.4 Å². The first-order valence-corrected chi connectivity index (χ1v) is 5.35. The fraction of sp³-hybridized carbons (Fsp3) is 0.455. The van der Waals surface area contributed by atoms with Gasteiger partial charge in [0.2, 0.25) is 0 Å². The molecule has 1 aromatic rings. The summed E-state index contributed by atoms with van der Waals surface area (Å²) < 4.78 is 0. The molecule has 1 rings (SSSR count). The van der Waals surface area contributed by atoms with Crippen LogP contribution < -0.4 is 11.5 Å². The average molecular weight is 260 g/mol. The Morgan fingerprint density at radius 3 is 2.29 bits per heavy atom. The Bertz CT molecular complexity index is 343. The van der Waals surface area contributed by atoms with E-state index < -0.39 is 4.92 Å². The lowest BCUT2D eigenvalue weighted by Gasteiger charge is -2.11. The lowest BCUT2D eigenvalue weighted by atomic mass is 10.0. The number of nitrogens with zero attached hydrogens (tertiary/aromatic N) is 1. The molecule has 0 fully saturated rings. The van der Waals surface area contributed by atoms with E-state index in [0.717, 1.165) is 24.8 Å². The Kier molecular flexibility index (Phi) is 7.45. The molecule has 1 aromatic carbocycles. The van der Waals surface area contributed by atoms with Gasteiger partial charge in [0.05, 0.1) is 4.92 Å². The van der Waals surface area contributed by atoms with E-state index in [1.807, 2.05) is 0 Å². The predicted molar refractivity (Wildman–Crippen MR) is 70.2 cm³/mol. The summed E-state index contributed by atoms with van der Waals surface area (Å²) in [6.07, 6.45) is 2.80. The number of unbranched alkanes of at least 4 members (excludes halogenated alkanes) is 1. The summed E-state index contributed by atoms with van der Waals surface area (Å²) in [6.45, 7) is 0.674. The molecule has 4 N–H and O–H groups in total. The van der Waals surface area contributed by atoms with Gasteiger partial charge in [0.15, 0.2) is 0 Å². The van der Waals surface area contributed by atoms with Gasteiger partial charge in [-0.25, -0.2) is 0 Å². The smallest absolute Gasteiger partial charge is 0.269 e. The van der Waals surface area contributed by atoms with Gasteiger partial charge >= 0.3 is 0 Å². The van der Waals surface area contributed by atoms with Crippen molar-refractivity contribution in [3.8, 4) is 0 Å². The third-order valence-corrected chi connectivity index (χ3v) is 2.50. The highest BCUT2D eigenvalue weighted by Crippen LogP contribution is 2.19. The van der Waals surface area contributed by atoms with Gasteiger partial charge in [0.25, 0.3) is 5.69 Å². The highest BCUT2D eigenvalue weighted by Gasteiger charge is 2.08. The van der Waals surface area contributed by atoms with E-state index in [9.17, 15) is 10.1 Å². The van der Waals surface area contributed by atoms with Crippen molar-refractivity contribution in [3.05, 3.63) is 39.9 Å². The van der Waals surface area contributed by atoms with E-state index in [1.54, 1.807) is 12.1 Å². The minimum Gasteiger partial charge on any atom is -0.330 e. The Morgan fingerprint density at radius 2 is 1.82 bits per heavy atom. The molecule has 0 saturated carbocycles. The molecule has 6 heteroatoms. The minimum absolute atomic E-state index is 0. The zero-order valence-corrected chi connectivity index (χ0v) is 10.4. The summed E-state index contributed by atoms with van der Waals surface area (Å²) in [4.78, 5) is 10.0. The summed E-state index contributed by atoms with van der Waals surface area (Å²) in [5.41, 5.74) is 12.4. The van der Waals surface area contributed by atoms with Crippen molar-refractivity contribution in [2.24, 2.45) is 11.5 Å². The molecule has 96 valence electrons. The number of benzene rings is 1. The van der Waals surface area contributed by atoms with Crippen LogP contribution in [0.5, 0.6) is 0 Å². The molecular weight excluding hydrogens is 242 g/mol. The topological polar surface area (TPSA) is 95.2 Å². The van der Waals surface area contributed by atoms with Crippen molar-refractivity contribution in [1.82, 2.24) is 0 Å². The fourth-order valence-electron chi connectivity index (χ4n) is 1.52.